The third kappa shape index (κ3) is 7.36. The summed E-state index contributed by atoms with van der Waals surface area (Å²) in [5, 5.41) is 18.3. The molecule has 3 aliphatic rings. The van der Waals surface area contributed by atoms with Crippen LogP contribution in [0.2, 0.25) is 0 Å². The molecule has 54 heavy (non-hydrogen) atoms. The zero-order valence-corrected chi connectivity index (χ0v) is 32.7. The number of benzene rings is 1. The molecule has 6 bridgehead atoms. The van der Waals surface area contributed by atoms with Crippen molar-refractivity contribution in [1.29, 1.82) is 0 Å². The molecule has 2 fully saturated rings. The number of cyclic esters (lactones) is 1. The van der Waals surface area contributed by atoms with Crippen LogP contribution in [0.1, 0.15) is 76.3 Å². The molecule has 288 valence electrons. The Morgan fingerprint density at radius 3 is 2.74 bits per heavy atom. The van der Waals surface area contributed by atoms with Crippen LogP contribution in [-0.4, -0.2) is 98.5 Å². The highest BCUT2D eigenvalue weighted by atomic mass is 32.1. The smallest absolute Gasteiger partial charge is 0.324 e. The Balaban J connectivity index is 1.33. The normalized spacial score (nSPS) is 23.0. The Hall–Kier alpha value is -4.37. The van der Waals surface area contributed by atoms with E-state index in [0.29, 0.717) is 43.8 Å². The van der Waals surface area contributed by atoms with E-state index in [0.717, 1.165) is 51.2 Å². The summed E-state index contributed by atoms with van der Waals surface area (Å²) < 4.78 is 14.2. The number of aliphatic hydroxyl groups excluding tert-OH is 1. The largest absolute Gasteiger partial charge is 0.464 e. The van der Waals surface area contributed by atoms with Crippen LogP contribution in [0.25, 0.3) is 33.4 Å². The Labute approximate surface area is 320 Å². The number of urea groups is 1. The number of ether oxygens (including phenoxy) is 2. The Bertz CT molecular complexity index is 2040. The van der Waals surface area contributed by atoms with Crippen molar-refractivity contribution < 1.29 is 29.0 Å². The zero-order valence-electron chi connectivity index (χ0n) is 31.9. The highest BCUT2D eigenvalue weighted by Crippen LogP contribution is 2.42. The van der Waals surface area contributed by atoms with Gasteiger partial charge in [0.1, 0.15) is 12.1 Å². The van der Waals surface area contributed by atoms with Gasteiger partial charge in [-0.2, -0.15) is 0 Å². The average Bonchev–Trinajstić information content (AvgIpc) is 3.73. The molecule has 0 radical (unpaired) electrons. The number of aryl methyl sites for hydroxylation is 1. The summed E-state index contributed by atoms with van der Waals surface area (Å²) >= 11 is 1.44. The van der Waals surface area contributed by atoms with Gasteiger partial charge in [-0.25, -0.2) is 15.2 Å². The lowest BCUT2D eigenvalue weighted by molar-refractivity contribution is -0.155. The van der Waals surface area contributed by atoms with E-state index in [4.69, 9.17) is 19.4 Å². The van der Waals surface area contributed by atoms with Crippen molar-refractivity contribution in [2.75, 3.05) is 26.8 Å². The highest BCUT2D eigenvalue weighted by molar-refractivity contribution is 7.10. The van der Waals surface area contributed by atoms with E-state index in [1.807, 2.05) is 18.4 Å². The Morgan fingerprint density at radius 2 is 2.02 bits per heavy atom. The lowest BCUT2D eigenvalue weighted by Gasteiger charge is -2.43. The maximum Gasteiger partial charge on any atom is 0.324 e. The van der Waals surface area contributed by atoms with Crippen molar-refractivity contribution in [3.8, 4) is 22.5 Å². The zero-order chi connectivity index (χ0) is 38.3. The van der Waals surface area contributed by atoms with Crippen LogP contribution in [0.15, 0.2) is 41.9 Å². The van der Waals surface area contributed by atoms with Gasteiger partial charge in [-0.3, -0.25) is 19.6 Å². The second-order valence-electron chi connectivity index (χ2n) is 15.5. The Kier molecular flexibility index (Phi) is 10.8. The highest BCUT2D eigenvalue weighted by Gasteiger charge is 2.39. The van der Waals surface area contributed by atoms with E-state index in [9.17, 15) is 19.5 Å². The molecule has 14 heteroatoms. The minimum absolute atomic E-state index is 0.162. The number of hydrogen-bond donors (Lipinski definition) is 3. The first kappa shape index (κ1) is 37.9. The molecule has 0 aliphatic carbocycles. The number of rotatable bonds is 6. The Morgan fingerprint density at radius 1 is 1.20 bits per heavy atom. The van der Waals surface area contributed by atoms with Crippen molar-refractivity contribution in [2.24, 2.45) is 5.41 Å². The van der Waals surface area contributed by atoms with Gasteiger partial charge in [-0.15, -0.1) is 11.3 Å². The van der Waals surface area contributed by atoms with Gasteiger partial charge in [0, 0.05) is 72.2 Å². The molecule has 7 rings (SSSR count). The number of aliphatic hydroxyl groups is 1. The number of likely N-dealkylation sites (tertiary alicyclic amines) is 1. The molecule has 6 heterocycles. The van der Waals surface area contributed by atoms with Gasteiger partial charge in [0.05, 0.1) is 46.9 Å². The quantitative estimate of drug-likeness (QED) is 0.224. The third-order valence-electron chi connectivity index (χ3n) is 11.0. The third-order valence-corrected chi connectivity index (χ3v) is 11.9. The topological polar surface area (TPSA) is 151 Å². The summed E-state index contributed by atoms with van der Waals surface area (Å²) in [7, 11) is 1.69. The minimum atomic E-state index is -0.953. The maximum absolute atomic E-state index is 14.2. The molecular formula is C40H51N7O6S. The fraction of sp³-hybridized carbons (Fsp3) is 0.525. The second kappa shape index (κ2) is 15.4. The van der Waals surface area contributed by atoms with E-state index >= 15 is 0 Å². The number of carbonyl (C=O) groups excluding carboxylic acids is 3. The van der Waals surface area contributed by atoms with Crippen LogP contribution >= 0.6 is 11.3 Å². The molecule has 3 amide bonds. The number of carbonyl (C=O) groups is 3. The van der Waals surface area contributed by atoms with Gasteiger partial charge in [0.2, 0.25) is 0 Å². The predicted octanol–water partition coefficient (Wildman–Crippen LogP) is 5.25. The lowest BCUT2D eigenvalue weighted by Crippen LogP contribution is -2.64. The minimum Gasteiger partial charge on any atom is -0.464 e. The molecule has 13 nitrogen and oxygen atoms in total. The van der Waals surface area contributed by atoms with Gasteiger partial charge < -0.3 is 29.4 Å². The number of nitrogens with zero attached hydrogens (tertiary/aromatic N) is 5. The molecule has 3 aromatic heterocycles. The van der Waals surface area contributed by atoms with E-state index in [-0.39, 0.29) is 31.1 Å². The number of aromatic nitrogens is 3. The van der Waals surface area contributed by atoms with Gasteiger partial charge in [-0.05, 0) is 76.3 Å². The first-order valence-electron chi connectivity index (χ1n) is 19.0. The molecule has 4 aromatic rings. The van der Waals surface area contributed by atoms with Crippen molar-refractivity contribution in [1.82, 2.24) is 35.2 Å². The van der Waals surface area contributed by atoms with Crippen molar-refractivity contribution >= 4 is 40.1 Å². The van der Waals surface area contributed by atoms with Gasteiger partial charge in [0.15, 0.2) is 0 Å². The molecule has 0 spiro atoms. The van der Waals surface area contributed by atoms with Crippen LogP contribution < -0.4 is 10.7 Å². The van der Waals surface area contributed by atoms with Crippen LogP contribution in [-0.2, 0) is 38.4 Å². The summed E-state index contributed by atoms with van der Waals surface area (Å²) in [6.07, 6.45) is 3.45. The number of hydrazine groups is 1. The molecule has 3 N–H and O–H groups in total. The summed E-state index contributed by atoms with van der Waals surface area (Å²) in [4.78, 5) is 52.6. The summed E-state index contributed by atoms with van der Waals surface area (Å²) in [5.41, 5.74) is 9.47. The lowest BCUT2D eigenvalue weighted by atomic mass is 9.84. The van der Waals surface area contributed by atoms with E-state index < -0.39 is 35.6 Å². The second-order valence-corrected chi connectivity index (χ2v) is 16.4. The number of hydrogen-bond acceptors (Lipinski definition) is 10. The van der Waals surface area contributed by atoms with Gasteiger partial charge in [-0.1, -0.05) is 19.9 Å². The van der Waals surface area contributed by atoms with Crippen LogP contribution in [0, 0.1) is 5.41 Å². The number of pyridine rings is 1. The fourth-order valence-electron chi connectivity index (χ4n) is 7.96. The first-order chi connectivity index (χ1) is 25.9. The van der Waals surface area contributed by atoms with Crippen molar-refractivity contribution in [2.45, 2.75) is 104 Å². The van der Waals surface area contributed by atoms with Crippen LogP contribution in [0.4, 0.5) is 4.79 Å². The predicted molar refractivity (Wildman–Crippen MR) is 207 cm³/mol. The number of esters is 1. The molecule has 3 aliphatic heterocycles. The monoisotopic (exact) mass is 757 g/mol. The number of nitrogens with one attached hydrogen (secondary N) is 2. The molecule has 2 saturated heterocycles. The molecular weight excluding hydrogens is 707 g/mol. The van der Waals surface area contributed by atoms with Gasteiger partial charge in [0.25, 0.3) is 5.91 Å². The average molecular weight is 758 g/mol. The number of thiazole rings is 1. The fourth-order valence-corrected chi connectivity index (χ4v) is 8.81. The van der Waals surface area contributed by atoms with E-state index in [1.165, 1.54) is 16.3 Å². The van der Waals surface area contributed by atoms with Crippen molar-refractivity contribution in [3.05, 3.63) is 58.2 Å². The standard InChI is InChI=1S/C40H51N7O6S/c1-7-45-33-13-12-25-18-27(33)28(36(45)26-10-8-15-41-35(26)24(3)52-6)20-40(4,5)22-53-38(50)29-11-9-16-47(44-29)37(49)30(19-34-42-31(25)21-54-34)43-39(51)46-17-14-32(46)23(2)48/h8,10,12-13,15,18,21,23-24,29-30,32,44,48H,7,9,11,14,16-17,19-20,22H2,1-6H3,(H,43,51)/t23-,24+,29+,30+,32+/m1/s1. The first-order valence-corrected chi connectivity index (χ1v) is 19.8. The maximum atomic E-state index is 14.2. The summed E-state index contributed by atoms with van der Waals surface area (Å²) in [6, 6.07) is 8.07. The van der Waals surface area contributed by atoms with Crippen LogP contribution in [0.5, 0.6) is 0 Å². The SMILES string of the molecule is CCn1c(-c2cccnc2[C@H](C)OC)c2c3cc(ccc31)-c1csc(n1)C[C@H](NC(=O)N1CC[C@H]1[C@@H](C)O)C(=O)N1CCC[C@H](N1)C(=O)OCC(C)(C)C2. The summed E-state index contributed by atoms with van der Waals surface area (Å²) in [6.45, 7) is 11.8. The summed E-state index contributed by atoms with van der Waals surface area (Å²) in [5.74, 6) is -0.778. The number of methoxy groups -OCH3 is 1. The molecule has 1 aromatic carbocycles. The molecule has 5 atom stereocenters. The van der Waals surface area contributed by atoms with Gasteiger partial charge >= 0.3 is 12.0 Å². The van der Waals surface area contributed by atoms with Crippen molar-refractivity contribution in [3.63, 3.8) is 0 Å². The van der Waals surface area contributed by atoms with E-state index in [2.05, 4.69) is 60.3 Å². The van der Waals surface area contributed by atoms with Crippen LogP contribution in [0.3, 0.4) is 0 Å². The van der Waals surface area contributed by atoms with E-state index in [1.54, 1.807) is 25.1 Å². The number of amides is 3. The number of fused-ring (bicyclic) bond motifs is 6. The molecule has 0 saturated carbocycles. The molecule has 0 unspecified atom stereocenters.